The van der Waals surface area contributed by atoms with Gasteiger partial charge in [0.15, 0.2) is 5.75 Å². The summed E-state index contributed by atoms with van der Waals surface area (Å²) < 4.78 is 4.93. The number of rotatable bonds is 4. The Hall–Kier alpha value is -4.01. The number of ether oxygens (including phenoxy) is 1. The third-order valence-corrected chi connectivity index (χ3v) is 4.10. The SMILES string of the molecule is COc1ccc(/C=C2/C(=O)NC(=O)N(c3ccc(C)cc3)C2=O)cc1[N+](=O)[O-]. The van der Waals surface area contributed by atoms with E-state index in [-0.39, 0.29) is 22.6 Å². The highest BCUT2D eigenvalue weighted by Gasteiger charge is 2.36. The summed E-state index contributed by atoms with van der Waals surface area (Å²) in [5, 5.41) is 13.3. The van der Waals surface area contributed by atoms with E-state index in [4.69, 9.17) is 4.74 Å². The molecule has 0 bridgehead atoms. The van der Waals surface area contributed by atoms with Gasteiger partial charge in [0.25, 0.3) is 11.8 Å². The zero-order valence-corrected chi connectivity index (χ0v) is 15.0. The minimum atomic E-state index is -0.878. The molecule has 0 atom stereocenters. The summed E-state index contributed by atoms with van der Waals surface area (Å²) in [6, 6.07) is 9.75. The molecule has 142 valence electrons. The number of nitrogens with zero attached hydrogens (tertiary/aromatic N) is 2. The third kappa shape index (κ3) is 3.45. The van der Waals surface area contributed by atoms with Crippen LogP contribution < -0.4 is 15.0 Å². The third-order valence-electron chi connectivity index (χ3n) is 4.10. The van der Waals surface area contributed by atoms with Crippen molar-refractivity contribution in [2.24, 2.45) is 0 Å². The van der Waals surface area contributed by atoms with Crippen LogP contribution in [0.3, 0.4) is 0 Å². The Bertz CT molecular complexity index is 1030. The lowest BCUT2D eigenvalue weighted by atomic mass is 10.1. The lowest BCUT2D eigenvalue weighted by molar-refractivity contribution is -0.385. The number of urea groups is 1. The summed E-state index contributed by atoms with van der Waals surface area (Å²) in [6.45, 7) is 1.85. The van der Waals surface area contributed by atoms with Crippen molar-refractivity contribution >= 4 is 35.3 Å². The Morgan fingerprint density at radius 3 is 2.39 bits per heavy atom. The van der Waals surface area contributed by atoms with Crippen LogP contribution in [0.5, 0.6) is 5.75 Å². The first-order chi connectivity index (χ1) is 13.3. The molecule has 9 nitrogen and oxygen atoms in total. The van der Waals surface area contributed by atoms with Gasteiger partial charge in [-0.05, 0) is 36.8 Å². The van der Waals surface area contributed by atoms with Gasteiger partial charge in [-0.25, -0.2) is 9.69 Å². The van der Waals surface area contributed by atoms with Gasteiger partial charge in [0.05, 0.1) is 17.7 Å². The number of nitro benzene ring substituents is 1. The number of anilines is 1. The summed E-state index contributed by atoms with van der Waals surface area (Å²) in [7, 11) is 1.30. The number of nitrogens with one attached hydrogen (secondary N) is 1. The van der Waals surface area contributed by atoms with Crippen molar-refractivity contribution in [1.82, 2.24) is 5.32 Å². The van der Waals surface area contributed by atoms with Crippen LogP contribution >= 0.6 is 0 Å². The minimum absolute atomic E-state index is 0.0445. The number of aryl methyl sites for hydroxylation is 1. The van der Waals surface area contributed by atoms with E-state index in [1.54, 1.807) is 24.3 Å². The molecule has 1 N–H and O–H groups in total. The molecule has 2 aromatic rings. The quantitative estimate of drug-likeness (QED) is 0.376. The molecule has 4 amide bonds. The average molecular weight is 381 g/mol. The Labute approximate surface area is 159 Å². The number of imide groups is 2. The molecule has 1 aliphatic rings. The Balaban J connectivity index is 2.03. The number of hydrogen-bond acceptors (Lipinski definition) is 6. The predicted octanol–water partition coefficient (Wildman–Crippen LogP) is 2.58. The molecule has 0 spiro atoms. The maximum Gasteiger partial charge on any atom is 0.335 e. The first-order valence-corrected chi connectivity index (χ1v) is 8.12. The number of hydrogen-bond donors (Lipinski definition) is 1. The summed E-state index contributed by atoms with van der Waals surface area (Å²) in [5.74, 6) is -1.66. The zero-order valence-electron chi connectivity index (χ0n) is 15.0. The lowest BCUT2D eigenvalue weighted by Gasteiger charge is -2.26. The van der Waals surface area contributed by atoms with Crippen molar-refractivity contribution in [3.05, 3.63) is 69.3 Å². The number of methoxy groups -OCH3 is 1. The van der Waals surface area contributed by atoms with Crippen molar-refractivity contribution in [2.75, 3.05) is 12.0 Å². The molecule has 9 heteroatoms. The number of carbonyl (C=O) groups is 3. The molecule has 0 saturated carbocycles. The van der Waals surface area contributed by atoms with Crippen LogP contribution in [0.25, 0.3) is 6.08 Å². The molecule has 1 heterocycles. The first kappa shape index (κ1) is 18.8. The standard InChI is InChI=1S/C19H15N3O6/c1-11-3-6-13(7-4-11)21-18(24)14(17(23)20-19(21)25)9-12-5-8-16(28-2)15(10-12)22(26)27/h3-10H,1-2H3,(H,20,23,25)/b14-9-. The fourth-order valence-corrected chi connectivity index (χ4v) is 2.69. The largest absolute Gasteiger partial charge is 0.490 e. The van der Waals surface area contributed by atoms with Crippen LogP contribution in [0, 0.1) is 17.0 Å². The highest BCUT2D eigenvalue weighted by atomic mass is 16.6. The van der Waals surface area contributed by atoms with E-state index in [2.05, 4.69) is 5.32 Å². The second-order valence-corrected chi connectivity index (χ2v) is 5.98. The van der Waals surface area contributed by atoms with Gasteiger partial charge < -0.3 is 4.74 Å². The van der Waals surface area contributed by atoms with Crippen LogP contribution in [0.2, 0.25) is 0 Å². The van der Waals surface area contributed by atoms with Crippen LogP contribution in [-0.2, 0) is 9.59 Å². The number of barbiturate groups is 1. The van der Waals surface area contributed by atoms with E-state index in [1.807, 2.05) is 6.92 Å². The molecule has 0 aliphatic carbocycles. The van der Waals surface area contributed by atoms with Crippen molar-refractivity contribution in [2.45, 2.75) is 6.92 Å². The molecule has 0 radical (unpaired) electrons. The molecule has 0 aromatic heterocycles. The van der Waals surface area contributed by atoms with Gasteiger partial charge in [0.2, 0.25) is 0 Å². The van der Waals surface area contributed by atoms with E-state index in [0.29, 0.717) is 5.69 Å². The second kappa shape index (κ2) is 7.31. The van der Waals surface area contributed by atoms with Gasteiger partial charge >= 0.3 is 11.7 Å². The van der Waals surface area contributed by atoms with E-state index < -0.39 is 22.8 Å². The fraction of sp³-hybridized carbons (Fsp3) is 0.105. The summed E-state index contributed by atoms with van der Waals surface area (Å²) in [6.07, 6.45) is 1.19. The Morgan fingerprint density at radius 2 is 1.79 bits per heavy atom. The lowest BCUT2D eigenvalue weighted by Crippen LogP contribution is -2.54. The molecule has 1 fully saturated rings. The van der Waals surface area contributed by atoms with E-state index in [0.717, 1.165) is 10.5 Å². The molecule has 28 heavy (non-hydrogen) atoms. The number of benzene rings is 2. The molecule has 1 aliphatic heterocycles. The molecule has 3 rings (SSSR count). The van der Waals surface area contributed by atoms with Gasteiger partial charge in [-0.15, -0.1) is 0 Å². The summed E-state index contributed by atoms with van der Waals surface area (Å²) in [4.78, 5) is 48.5. The highest BCUT2D eigenvalue weighted by molar-refractivity contribution is 6.39. The van der Waals surface area contributed by atoms with Crippen LogP contribution in [0.1, 0.15) is 11.1 Å². The van der Waals surface area contributed by atoms with Crippen molar-refractivity contribution in [1.29, 1.82) is 0 Å². The molecular formula is C19H15N3O6. The van der Waals surface area contributed by atoms with Crippen molar-refractivity contribution in [3.63, 3.8) is 0 Å². The van der Waals surface area contributed by atoms with Gasteiger partial charge in [-0.3, -0.25) is 25.0 Å². The molecule has 0 unspecified atom stereocenters. The monoisotopic (exact) mass is 381 g/mol. The van der Waals surface area contributed by atoms with Crippen molar-refractivity contribution in [3.8, 4) is 5.75 Å². The number of amides is 4. The zero-order chi connectivity index (χ0) is 20.4. The molecule has 2 aromatic carbocycles. The smallest absolute Gasteiger partial charge is 0.335 e. The van der Waals surface area contributed by atoms with Crippen molar-refractivity contribution < 1.29 is 24.0 Å². The summed E-state index contributed by atoms with van der Waals surface area (Å²) >= 11 is 0. The van der Waals surface area contributed by atoms with E-state index >= 15 is 0 Å². The van der Waals surface area contributed by atoms with Gasteiger partial charge in [0, 0.05) is 6.07 Å². The Kier molecular flexibility index (Phi) is 4.90. The fourth-order valence-electron chi connectivity index (χ4n) is 2.69. The Morgan fingerprint density at radius 1 is 1.11 bits per heavy atom. The number of carbonyl (C=O) groups excluding carboxylic acids is 3. The van der Waals surface area contributed by atoms with E-state index in [9.17, 15) is 24.5 Å². The van der Waals surface area contributed by atoms with Gasteiger partial charge in [-0.1, -0.05) is 23.8 Å². The number of nitro groups is 1. The highest BCUT2D eigenvalue weighted by Crippen LogP contribution is 2.29. The summed E-state index contributed by atoms with van der Waals surface area (Å²) in [5.41, 5.74) is 0.842. The van der Waals surface area contributed by atoms with Gasteiger partial charge in [0.1, 0.15) is 5.57 Å². The normalized spacial score (nSPS) is 15.6. The van der Waals surface area contributed by atoms with Crippen LogP contribution in [0.4, 0.5) is 16.2 Å². The first-order valence-electron chi connectivity index (χ1n) is 8.12. The predicted molar refractivity (Wildman–Crippen MR) is 99.8 cm³/mol. The van der Waals surface area contributed by atoms with Crippen LogP contribution in [0.15, 0.2) is 48.0 Å². The minimum Gasteiger partial charge on any atom is -0.490 e. The maximum absolute atomic E-state index is 12.8. The van der Waals surface area contributed by atoms with Crippen LogP contribution in [-0.4, -0.2) is 29.9 Å². The average Bonchev–Trinajstić information content (AvgIpc) is 2.66. The topological polar surface area (TPSA) is 119 Å². The maximum atomic E-state index is 12.8. The van der Waals surface area contributed by atoms with Gasteiger partial charge in [-0.2, -0.15) is 0 Å². The van der Waals surface area contributed by atoms with E-state index in [1.165, 1.54) is 31.4 Å². The molecule has 1 saturated heterocycles. The molecular weight excluding hydrogens is 366 g/mol. The second-order valence-electron chi connectivity index (χ2n) is 5.98.